The predicted molar refractivity (Wildman–Crippen MR) is 82.7 cm³/mol. The number of rotatable bonds is 2. The Balaban J connectivity index is 1.92. The summed E-state index contributed by atoms with van der Waals surface area (Å²) in [5.74, 6) is -0.316. The van der Waals surface area contributed by atoms with Gasteiger partial charge in [0.15, 0.2) is 0 Å². The normalized spacial score (nSPS) is 19.2. The lowest BCUT2D eigenvalue weighted by molar-refractivity contribution is 0.0950. The third kappa shape index (κ3) is 4.13. The van der Waals surface area contributed by atoms with Crippen molar-refractivity contribution in [2.75, 3.05) is 0 Å². The van der Waals surface area contributed by atoms with Crippen LogP contribution in [0, 0.1) is 17.2 Å². The summed E-state index contributed by atoms with van der Waals surface area (Å²) < 4.78 is 13.5. The number of halogens is 1. The van der Waals surface area contributed by atoms with Crippen molar-refractivity contribution >= 4 is 11.6 Å². The van der Waals surface area contributed by atoms with Gasteiger partial charge in [-0.25, -0.2) is 9.82 Å². The summed E-state index contributed by atoms with van der Waals surface area (Å²) in [4.78, 5) is 11.9. The molecule has 21 heavy (non-hydrogen) atoms. The Morgan fingerprint density at radius 3 is 2.43 bits per heavy atom. The molecule has 0 bridgehead atoms. The van der Waals surface area contributed by atoms with Crippen LogP contribution in [0.15, 0.2) is 29.4 Å². The molecule has 0 radical (unpaired) electrons. The van der Waals surface area contributed by atoms with Crippen molar-refractivity contribution in [1.82, 2.24) is 5.43 Å². The number of benzene rings is 1. The highest BCUT2D eigenvalue weighted by molar-refractivity contribution is 5.95. The molecule has 0 spiro atoms. The molecule has 0 heterocycles. The number of carbonyl (C=O) groups is 1. The van der Waals surface area contributed by atoms with E-state index in [0.717, 1.165) is 31.4 Å². The molecule has 1 aliphatic rings. The van der Waals surface area contributed by atoms with E-state index in [4.69, 9.17) is 0 Å². The van der Waals surface area contributed by atoms with Crippen LogP contribution < -0.4 is 5.43 Å². The monoisotopic (exact) mass is 290 g/mol. The highest BCUT2D eigenvalue weighted by atomic mass is 19.1. The Morgan fingerprint density at radius 2 is 1.86 bits per heavy atom. The van der Waals surface area contributed by atoms with Crippen molar-refractivity contribution in [3.05, 3.63) is 35.6 Å². The lowest BCUT2D eigenvalue weighted by Crippen LogP contribution is -2.27. The van der Waals surface area contributed by atoms with E-state index in [1.165, 1.54) is 12.1 Å². The molecule has 1 fully saturated rings. The Morgan fingerprint density at radius 1 is 1.24 bits per heavy atom. The molecule has 0 unspecified atom stereocenters. The molecule has 0 aliphatic heterocycles. The van der Waals surface area contributed by atoms with E-state index < -0.39 is 11.7 Å². The van der Waals surface area contributed by atoms with Gasteiger partial charge in [-0.15, -0.1) is 0 Å². The summed E-state index contributed by atoms with van der Waals surface area (Å²) in [6, 6.07) is 5.93. The Labute approximate surface area is 125 Å². The predicted octanol–water partition coefficient (Wildman–Crippen LogP) is 4.15. The van der Waals surface area contributed by atoms with Gasteiger partial charge in [0.2, 0.25) is 0 Å². The summed E-state index contributed by atoms with van der Waals surface area (Å²) in [6.07, 6.45) is 3.99. The third-order valence-corrected chi connectivity index (χ3v) is 4.22. The van der Waals surface area contributed by atoms with Crippen LogP contribution in [0.1, 0.15) is 56.8 Å². The molecule has 2 rings (SSSR count). The van der Waals surface area contributed by atoms with Gasteiger partial charge < -0.3 is 0 Å². The first kappa shape index (κ1) is 15.7. The summed E-state index contributed by atoms with van der Waals surface area (Å²) in [7, 11) is 0. The number of hydrazone groups is 1. The zero-order valence-corrected chi connectivity index (χ0v) is 12.9. The highest BCUT2D eigenvalue weighted by Gasteiger charge is 2.28. The fourth-order valence-electron chi connectivity index (χ4n) is 2.76. The zero-order valence-electron chi connectivity index (χ0n) is 12.9. The topological polar surface area (TPSA) is 41.5 Å². The fraction of sp³-hybridized carbons (Fsp3) is 0.529. The molecular formula is C17H23FN2O. The van der Waals surface area contributed by atoms with Gasteiger partial charge in [-0.1, -0.05) is 32.9 Å². The molecule has 1 saturated carbocycles. The van der Waals surface area contributed by atoms with Crippen molar-refractivity contribution in [3.8, 4) is 0 Å². The largest absolute Gasteiger partial charge is 0.274 e. The standard InChI is InChI=1S/C17H23FN2O/c1-17(2,3)12-8-10-13(11-9-12)19-20-16(21)14-6-4-5-7-15(14)18/h4-7,12H,8-11H2,1-3H3,(H,20,21). The fourth-order valence-corrected chi connectivity index (χ4v) is 2.76. The lowest BCUT2D eigenvalue weighted by Gasteiger charge is -2.34. The first-order chi connectivity index (χ1) is 9.88. The Bertz CT molecular complexity index is 536. The summed E-state index contributed by atoms with van der Waals surface area (Å²) in [5, 5.41) is 4.17. The average molecular weight is 290 g/mol. The van der Waals surface area contributed by atoms with Gasteiger partial charge >= 0.3 is 0 Å². The molecule has 1 aromatic carbocycles. The molecule has 0 atom stereocenters. The highest BCUT2D eigenvalue weighted by Crippen LogP contribution is 2.36. The molecule has 1 N–H and O–H groups in total. The molecule has 0 aromatic heterocycles. The van der Waals surface area contributed by atoms with Gasteiger partial charge in [-0.05, 0) is 49.1 Å². The minimum absolute atomic E-state index is 0.0326. The van der Waals surface area contributed by atoms with Gasteiger partial charge in [0.05, 0.1) is 5.56 Å². The Kier molecular flexibility index (Phi) is 4.76. The molecular weight excluding hydrogens is 267 g/mol. The number of amides is 1. The molecule has 114 valence electrons. The quantitative estimate of drug-likeness (QED) is 0.817. The smallest absolute Gasteiger partial charge is 0.267 e. The second kappa shape index (κ2) is 6.37. The molecule has 1 amide bonds. The van der Waals surface area contributed by atoms with Crippen LogP contribution in [0.3, 0.4) is 0 Å². The van der Waals surface area contributed by atoms with Crippen LogP contribution in [0.5, 0.6) is 0 Å². The summed E-state index contributed by atoms with van der Waals surface area (Å²) >= 11 is 0. The zero-order chi connectivity index (χ0) is 15.5. The number of hydrogen-bond donors (Lipinski definition) is 1. The van der Waals surface area contributed by atoms with E-state index in [0.29, 0.717) is 11.3 Å². The summed E-state index contributed by atoms with van der Waals surface area (Å²) in [5.41, 5.74) is 3.83. The van der Waals surface area contributed by atoms with E-state index in [2.05, 4.69) is 31.3 Å². The van der Waals surface area contributed by atoms with Crippen LogP contribution in [0.25, 0.3) is 0 Å². The van der Waals surface area contributed by atoms with Crippen LogP contribution in [0.2, 0.25) is 0 Å². The molecule has 1 aliphatic carbocycles. The molecule has 4 heteroatoms. The molecule has 0 saturated heterocycles. The van der Waals surface area contributed by atoms with Crippen molar-refractivity contribution in [2.24, 2.45) is 16.4 Å². The minimum Gasteiger partial charge on any atom is -0.267 e. The maximum Gasteiger partial charge on any atom is 0.274 e. The first-order valence-electron chi connectivity index (χ1n) is 7.48. The van der Waals surface area contributed by atoms with E-state index in [-0.39, 0.29) is 5.56 Å². The lowest BCUT2D eigenvalue weighted by atomic mass is 9.72. The first-order valence-corrected chi connectivity index (χ1v) is 7.48. The maximum atomic E-state index is 13.5. The number of hydrogen-bond acceptors (Lipinski definition) is 2. The van der Waals surface area contributed by atoms with Gasteiger partial charge in [0.25, 0.3) is 5.91 Å². The van der Waals surface area contributed by atoms with E-state index >= 15 is 0 Å². The van der Waals surface area contributed by atoms with E-state index in [1.807, 2.05) is 0 Å². The van der Waals surface area contributed by atoms with Crippen molar-refractivity contribution in [1.29, 1.82) is 0 Å². The second-order valence-electron chi connectivity index (χ2n) is 6.74. The van der Waals surface area contributed by atoms with Crippen LogP contribution in [-0.2, 0) is 0 Å². The van der Waals surface area contributed by atoms with E-state index in [9.17, 15) is 9.18 Å². The van der Waals surface area contributed by atoms with Crippen molar-refractivity contribution < 1.29 is 9.18 Å². The number of nitrogens with zero attached hydrogens (tertiary/aromatic N) is 1. The second-order valence-corrected chi connectivity index (χ2v) is 6.74. The van der Waals surface area contributed by atoms with Crippen LogP contribution in [0.4, 0.5) is 4.39 Å². The average Bonchev–Trinajstić information content (AvgIpc) is 2.45. The van der Waals surface area contributed by atoms with Crippen LogP contribution >= 0.6 is 0 Å². The minimum atomic E-state index is -0.522. The SMILES string of the molecule is CC(C)(C)C1CCC(=NNC(=O)c2ccccc2F)CC1. The third-order valence-electron chi connectivity index (χ3n) is 4.22. The summed E-state index contributed by atoms with van der Waals surface area (Å²) in [6.45, 7) is 6.79. The maximum absolute atomic E-state index is 13.5. The van der Waals surface area contributed by atoms with E-state index in [1.54, 1.807) is 12.1 Å². The van der Waals surface area contributed by atoms with Gasteiger partial charge in [0, 0.05) is 5.71 Å². The number of nitrogens with one attached hydrogen (secondary N) is 1. The number of carbonyl (C=O) groups excluding carboxylic acids is 1. The van der Waals surface area contributed by atoms with Crippen LogP contribution in [-0.4, -0.2) is 11.6 Å². The van der Waals surface area contributed by atoms with Gasteiger partial charge in [-0.3, -0.25) is 4.79 Å². The molecule has 1 aromatic rings. The Hall–Kier alpha value is -1.71. The van der Waals surface area contributed by atoms with Gasteiger partial charge in [-0.2, -0.15) is 5.10 Å². The van der Waals surface area contributed by atoms with Crippen molar-refractivity contribution in [2.45, 2.75) is 46.5 Å². The van der Waals surface area contributed by atoms with Gasteiger partial charge in [0.1, 0.15) is 5.82 Å². The molecule has 3 nitrogen and oxygen atoms in total. The van der Waals surface area contributed by atoms with Crippen molar-refractivity contribution in [3.63, 3.8) is 0 Å².